The Labute approximate surface area is 85.3 Å². The van der Waals surface area contributed by atoms with Gasteiger partial charge >= 0.3 is 0 Å². The molecule has 1 heterocycles. The van der Waals surface area contributed by atoms with Crippen molar-refractivity contribution < 1.29 is 4.92 Å². The first-order valence-electron chi connectivity index (χ1n) is 4.32. The van der Waals surface area contributed by atoms with Crippen molar-refractivity contribution in [1.82, 2.24) is 14.8 Å². The van der Waals surface area contributed by atoms with Crippen LogP contribution in [0.1, 0.15) is 5.56 Å². The van der Waals surface area contributed by atoms with Gasteiger partial charge in [-0.1, -0.05) is 18.2 Å². The van der Waals surface area contributed by atoms with Gasteiger partial charge in [-0.25, -0.2) is 9.67 Å². The summed E-state index contributed by atoms with van der Waals surface area (Å²) in [5, 5.41) is 14.6. The Kier molecular flexibility index (Phi) is 2.40. The summed E-state index contributed by atoms with van der Waals surface area (Å²) < 4.78 is 1.54. The van der Waals surface area contributed by atoms with E-state index in [0.29, 0.717) is 12.1 Å². The quantitative estimate of drug-likeness (QED) is 0.556. The molecule has 76 valence electrons. The van der Waals surface area contributed by atoms with Crippen molar-refractivity contribution in [2.24, 2.45) is 0 Å². The monoisotopic (exact) mass is 204 g/mol. The summed E-state index contributed by atoms with van der Waals surface area (Å²) in [5.41, 5.74) is 0.723. The number of para-hydroxylation sites is 1. The highest BCUT2D eigenvalue weighted by Gasteiger charge is 2.12. The number of benzene rings is 1. The molecule has 1 aromatic heterocycles. The maximum Gasteiger partial charge on any atom is 0.274 e. The molecular weight excluding hydrogens is 196 g/mol. The third-order valence-corrected chi connectivity index (χ3v) is 1.99. The average molecular weight is 204 g/mol. The first-order valence-corrected chi connectivity index (χ1v) is 4.32. The number of nitro benzene ring substituents is 1. The second-order valence-electron chi connectivity index (χ2n) is 2.98. The van der Waals surface area contributed by atoms with Crippen LogP contribution in [-0.2, 0) is 6.54 Å². The smallest absolute Gasteiger partial charge is 0.258 e. The topological polar surface area (TPSA) is 73.8 Å². The zero-order valence-electron chi connectivity index (χ0n) is 7.78. The van der Waals surface area contributed by atoms with Crippen LogP contribution in [0.5, 0.6) is 0 Å². The molecule has 0 spiro atoms. The minimum absolute atomic E-state index is 0.105. The highest BCUT2D eigenvalue weighted by atomic mass is 16.6. The molecule has 2 rings (SSSR count). The van der Waals surface area contributed by atoms with Gasteiger partial charge in [-0.05, 0) is 0 Å². The molecule has 0 aliphatic carbocycles. The van der Waals surface area contributed by atoms with Gasteiger partial charge in [0, 0.05) is 6.07 Å². The molecule has 0 aliphatic heterocycles. The minimum Gasteiger partial charge on any atom is -0.258 e. The van der Waals surface area contributed by atoms with Gasteiger partial charge < -0.3 is 0 Å². The molecule has 15 heavy (non-hydrogen) atoms. The van der Waals surface area contributed by atoms with Crippen molar-refractivity contribution >= 4 is 5.69 Å². The fraction of sp³-hybridized carbons (Fsp3) is 0.111. The maximum absolute atomic E-state index is 10.7. The summed E-state index contributed by atoms with van der Waals surface area (Å²) in [4.78, 5) is 14.1. The molecule has 0 aliphatic rings. The van der Waals surface area contributed by atoms with E-state index in [4.69, 9.17) is 0 Å². The highest BCUT2D eigenvalue weighted by molar-refractivity contribution is 5.39. The molecule has 0 radical (unpaired) electrons. The summed E-state index contributed by atoms with van der Waals surface area (Å²) >= 11 is 0. The Hall–Kier alpha value is -2.24. The van der Waals surface area contributed by atoms with Crippen molar-refractivity contribution in [3.05, 3.63) is 52.6 Å². The summed E-state index contributed by atoms with van der Waals surface area (Å²) in [6.45, 7) is 0.358. The molecular formula is C9H8N4O2. The lowest BCUT2D eigenvalue weighted by atomic mass is 10.2. The first kappa shape index (κ1) is 9.32. The SMILES string of the molecule is O=[N+]([O-])c1ccccc1Cn1cncn1. The van der Waals surface area contributed by atoms with Gasteiger partial charge in [-0.3, -0.25) is 10.1 Å². The summed E-state index contributed by atoms with van der Waals surface area (Å²) in [7, 11) is 0. The van der Waals surface area contributed by atoms with E-state index in [-0.39, 0.29) is 5.69 Å². The fourth-order valence-corrected chi connectivity index (χ4v) is 1.31. The van der Waals surface area contributed by atoms with Gasteiger partial charge in [0.15, 0.2) is 0 Å². The molecule has 0 saturated heterocycles. The molecule has 0 unspecified atom stereocenters. The van der Waals surface area contributed by atoms with Crippen molar-refractivity contribution in [1.29, 1.82) is 0 Å². The molecule has 6 nitrogen and oxygen atoms in total. The van der Waals surface area contributed by atoms with E-state index in [2.05, 4.69) is 10.1 Å². The Morgan fingerprint density at radius 3 is 2.87 bits per heavy atom. The average Bonchev–Trinajstić information content (AvgIpc) is 2.71. The molecule has 0 amide bonds. The number of hydrogen-bond donors (Lipinski definition) is 0. The van der Waals surface area contributed by atoms with Crippen LogP contribution in [0.2, 0.25) is 0 Å². The molecule has 2 aromatic rings. The fourth-order valence-electron chi connectivity index (χ4n) is 1.31. The van der Waals surface area contributed by atoms with Crippen LogP contribution in [0.4, 0.5) is 5.69 Å². The molecule has 1 aromatic carbocycles. The third-order valence-electron chi connectivity index (χ3n) is 1.99. The molecule has 0 fully saturated rings. The van der Waals surface area contributed by atoms with E-state index in [9.17, 15) is 10.1 Å². The van der Waals surface area contributed by atoms with Crippen LogP contribution in [0, 0.1) is 10.1 Å². The Morgan fingerprint density at radius 1 is 1.40 bits per heavy atom. The molecule has 0 bridgehead atoms. The zero-order valence-corrected chi connectivity index (χ0v) is 7.78. The minimum atomic E-state index is -0.397. The second kappa shape index (κ2) is 3.87. The number of hydrogen-bond acceptors (Lipinski definition) is 4. The first-order chi connectivity index (χ1) is 7.27. The molecule has 0 atom stereocenters. The zero-order chi connectivity index (χ0) is 10.7. The van der Waals surface area contributed by atoms with Crippen LogP contribution in [0.3, 0.4) is 0 Å². The number of rotatable bonds is 3. The van der Waals surface area contributed by atoms with Crippen LogP contribution >= 0.6 is 0 Å². The number of aromatic nitrogens is 3. The van der Waals surface area contributed by atoms with E-state index < -0.39 is 4.92 Å². The Morgan fingerprint density at radius 2 is 2.20 bits per heavy atom. The number of nitro groups is 1. The van der Waals surface area contributed by atoms with Crippen LogP contribution in [0.25, 0.3) is 0 Å². The van der Waals surface area contributed by atoms with Gasteiger partial charge in [0.1, 0.15) is 12.7 Å². The predicted octanol–water partition coefficient (Wildman–Crippen LogP) is 1.23. The van der Waals surface area contributed by atoms with Crippen molar-refractivity contribution in [2.45, 2.75) is 6.54 Å². The van der Waals surface area contributed by atoms with E-state index >= 15 is 0 Å². The lowest BCUT2D eigenvalue weighted by Crippen LogP contribution is -2.03. The number of nitrogens with zero attached hydrogens (tertiary/aromatic N) is 4. The highest BCUT2D eigenvalue weighted by Crippen LogP contribution is 2.17. The van der Waals surface area contributed by atoms with Gasteiger partial charge in [0.2, 0.25) is 0 Å². The van der Waals surface area contributed by atoms with Crippen LogP contribution in [-0.4, -0.2) is 19.7 Å². The largest absolute Gasteiger partial charge is 0.274 e. The molecule has 0 N–H and O–H groups in total. The third kappa shape index (κ3) is 1.98. The predicted molar refractivity (Wildman–Crippen MR) is 52.2 cm³/mol. The summed E-state index contributed by atoms with van der Waals surface area (Å²) in [6.07, 6.45) is 2.92. The van der Waals surface area contributed by atoms with Gasteiger partial charge in [-0.15, -0.1) is 0 Å². The van der Waals surface area contributed by atoms with Gasteiger partial charge in [0.25, 0.3) is 5.69 Å². The summed E-state index contributed by atoms with van der Waals surface area (Å²) in [5.74, 6) is 0. The van der Waals surface area contributed by atoms with Crippen molar-refractivity contribution in [3.63, 3.8) is 0 Å². The Bertz CT molecular complexity index is 467. The van der Waals surface area contributed by atoms with Crippen molar-refractivity contribution in [3.8, 4) is 0 Å². The maximum atomic E-state index is 10.7. The van der Waals surface area contributed by atoms with E-state index in [1.54, 1.807) is 22.9 Å². The van der Waals surface area contributed by atoms with E-state index in [0.717, 1.165) is 0 Å². The lowest BCUT2D eigenvalue weighted by molar-refractivity contribution is -0.385. The van der Waals surface area contributed by atoms with Crippen LogP contribution in [0.15, 0.2) is 36.9 Å². The Balaban J connectivity index is 2.32. The normalized spacial score (nSPS) is 10.1. The lowest BCUT2D eigenvalue weighted by Gasteiger charge is -2.01. The summed E-state index contributed by atoms with van der Waals surface area (Å²) in [6, 6.07) is 6.59. The molecule has 6 heteroatoms. The second-order valence-corrected chi connectivity index (χ2v) is 2.98. The van der Waals surface area contributed by atoms with E-state index in [1.807, 2.05) is 0 Å². The van der Waals surface area contributed by atoms with E-state index in [1.165, 1.54) is 18.7 Å². The molecule has 0 saturated carbocycles. The van der Waals surface area contributed by atoms with Gasteiger partial charge in [0.05, 0.1) is 17.0 Å². The van der Waals surface area contributed by atoms with Crippen molar-refractivity contribution in [2.75, 3.05) is 0 Å². The van der Waals surface area contributed by atoms with Crippen LogP contribution < -0.4 is 0 Å². The van der Waals surface area contributed by atoms with Gasteiger partial charge in [-0.2, -0.15) is 5.10 Å². The standard InChI is InChI=1S/C9H8N4O2/c14-13(15)9-4-2-1-3-8(9)5-12-7-10-6-11-12/h1-4,6-7H,5H2.